The third-order valence-electron chi connectivity index (χ3n) is 4.65. The van der Waals surface area contributed by atoms with E-state index in [0.717, 1.165) is 5.56 Å². The van der Waals surface area contributed by atoms with Crippen LogP contribution >= 0.6 is 11.8 Å². The number of para-hydroxylation sites is 1. The van der Waals surface area contributed by atoms with Crippen molar-refractivity contribution in [1.82, 2.24) is 20.1 Å². The molecule has 31 heavy (non-hydrogen) atoms. The van der Waals surface area contributed by atoms with E-state index in [1.807, 2.05) is 49.6 Å². The quantitative estimate of drug-likeness (QED) is 0.480. The number of benzene rings is 2. The normalized spacial score (nSPS) is 12.1. The number of ether oxygens (including phenoxy) is 1. The van der Waals surface area contributed by atoms with Crippen molar-refractivity contribution in [2.45, 2.75) is 51.5 Å². The Morgan fingerprint density at radius 2 is 1.84 bits per heavy atom. The van der Waals surface area contributed by atoms with Gasteiger partial charge in [0, 0.05) is 12.6 Å². The first-order valence-corrected chi connectivity index (χ1v) is 11.1. The van der Waals surface area contributed by atoms with Gasteiger partial charge in [-0.25, -0.2) is 4.39 Å². The van der Waals surface area contributed by atoms with Crippen molar-refractivity contribution in [3.8, 4) is 5.75 Å². The molecule has 0 fully saturated rings. The van der Waals surface area contributed by atoms with Gasteiger partial charge in [0.05, 0.1) is 5.75 Å². The Morgan fingerprint density at radius 1 is 1.13 bits per heavy atom. The standard InChI is InChI=1S/C23H27FN4O2S/c1-15(2)28-22(17(4)30-20-8-6-5-7-19(20)24)26-27-23(28)31-14-21(29)25-13-18-11-9-16(3)10-12-18/h5-12,15,17H,13-14H2,1-4H3,(H,25,29). The Balaban J connectivity index is 1.62. The predicted octanol–water partition coefficient (Wildman–Crippen LogP) is 4.86. The SMILES string of the molecule is Cc1ccc(CNC(=O)CSc2nnc(C(C)Oc3ccccc3F)n2C(C)C)cc1. The van der Waals surface area contributed by atoms with E-state index in [9.17, 15) is 9.18 Å². The number of thioether (sulfide) groups is 1. The van der Waals surface area contributed by atoms with Crippen molar-refractivity contribution in [3.63, 3.8) is 0 Å². The lowest BCUT2D eigenvalue weighted by Crippen LogP contribution is -2.24. The molecule has 1 heterocycles. The number of nitrogens with zero attached hydrogens (tertiary/aromatic N) is 3. The Hall–Kier alpha value is -2.87. The summed E-state index contributed by atoms with van der Waals surface area (Å²) in [5.74, 6) is 0.462. The monoisotopic (exact) mass is 442 g/mol. The van der Waals surface area contributed by atoms with Gasteiger partial charge < -0.3 is 14.6 Å². The lowest BCUT2D eigenvalue weighted by atomic mass is 10.1. The largest absolute Gasteiger partial charge is 0.480 e. The first kappa shape index (κ1) is 22.8. The Morgan fingerprint density at radius 3 is 2.52 bits per heavy atom. The number of aryl methyl sites for hydroxylation is 1. The molecule has 0 aliphatic rings. The van der Waals surface area contributed by atoms with Gasteiger partial charge >= 0.3 is 0 Å². The van der Waals surface area contributed by atoms with Crippen LogP contribution in [-0.2, 0) is 11.3 Å². The summed E-state index contributed by atoms with van der Waals surface area (Å²) >= 11 is 1.32. The van der Waals surface area contributed by atoms with Crippen molar-refractivity contribution in [2.24, 2.45) is 0 Å². The first-order chi connectivity index (χ1) is 14.8. The molecule has 0 aliphatic carbocycles. The van der Waals surface area contributed by atoms with E-state index >= 15 is 0 Å². The maximum atomic E-state index is 13.9. The maximum absolute atomic E-state index is 13.9. The summed E-state index contributed by atoms with van der Waals surface area (Å²) < 4.78 is 21.6. The molecule has 1 atom stereocenters. The molecular weight excluding hydrogens is 415 g/mol. The molecule has 6 nitrogen and oxygen atoms in total. The fourth-order valence-electron chi connectivity index (χ4n) is 3.02. The molecule has 0 saturated carbocycles. The minimum Gasteiger partial charge on any atom is -0.480 e. The van der Waals surface area contributed by atoms with Crippen LogP contribution in [0.2, 0.25) is 0 Å². The van der Waals surface area contributed by atoms with Crippen molar-refractivity contribution in [3.05, 3.63) is 71.3 Å². The fourth-order valence-corrected chi connectivity index (χ4v) is 3.92. The van der Waals surface area contributed by atoms with Crippen LogP contribution in [0.5, 0.6) is 5.75 Å². The van der Waals surface area contributed by atoms with Gasteiger partial charge in [-0.2, -0.15) is 0 Å². The minimum absolute atomic E-state index is 0.0507. The molecule has 0 saturated heterocycles. The lowest BCUT2D eigenvalue weighted by molar-refractivity contribution is -0.118. The van der Waals surface area contributed by atoms with Crippen molar-refractivity contribution >= 4 is 17.7 Å². The summed E-state index contributed by atoms with van der Waals surface area (Å²) in [7, 11) is 0. The molecule has 0 bridgehead atoms. The number of hydrogen-bond donors (Lipinski definition) is 1. The van der Waals surface area contributed by atoms with Crippen LogP contribution in [0.4, 0.5) is 4.39 Å². The second-order valence-electron chi connectivity index (χ2n) is 7.55. The van der Waals surface area contributed by atoms with E-state index in [1.54, 1.807) is 25.1 Å². The molecule has 1 unspecified atom stereocenters. The van der Waals surface area contributed by atoms with Gasteiger partial charge in [0.1, 0.15) is 0 Å². The Bertz CT molecular complexity index is 1020. The van der Waals surface area contributed by atoms with Gasteiger partial charge in [-0.1, -0.05) is 53.7 Å². The number of amides is 1. The van der Waals surface area contributed by atoms with E-state index in [4.69, 9.17) is 4.74 Å². The van der Waals surface area contributed by atoms with Gasteiger partial charge in [-0.3, -0.25) is 4.79 Å². The molecule has 0 aliphatic heterocycles. The summed E-state index contributed by atoms with van der Waals surface area (Å²) in [5, 5.41) is 12.0. The van der Waals surface area contributed by atoms with E-state index in [1.165, 1.54) is 23.4 Å². The van der Waals surface area contributed by atoms with Crippen LogP contribution in [0, 0.1) is 12.7 Å². The highest BCUT2D eigenvalue weighted by atomic mass is 32.2. The average molecular weight is 443 g/mol. The third-order valence-corrected chi connectivity index (χ3v) is 5.60. The van der Waals surface area contributed by atoms with Gasteiger partial charge in [0.15, 0.2) is 28.7 Å². The first-order valence-electron chi connectivity index (χ1n) is 10.2. The van der Waals surface area contributed by atoms with Crippen LogP contribution in [0.25, 0.3) is 0 Å². The van der Waals surface area contributed by atoms with Crippen molar-refractivity contribution in [2.75, 3.05) is 5.75 Å². The second kappa shape index (κ2) is 10.4. The van der Waals surface area contributed by atoms with Crippen LogP contribution in [0.15, 0.2) is 53.7 Å². The topological polar surface area (TPSA) is 69.0 Å². The lowest BCUT2D eigenvalue weighted by Gasteiger charge is -2.19. The maximum Gasteiger partial charge on any atom is 0.230 e. The van der Waals surface area contributed by atoms with Gasteiger partial charge in [0.25, 0.3) is 0 Å². The molecular formula is C23H27FN4O2S. The van der Waals surface area contributed by atoms with Gasteiger partial charge in [-0.05, 0) is 45.4 Å². The zero-order valence-electron chi connectivity index (χ0n) is 18.1. The predicted molar refractivity (Wildman–Crippen MR) is 120 cm³/mol. The summed E-state index contributed by atoms with van der Waals surface area (Å²) in [6, 6.07) is 14.4. The summed E-state index contributed by atoms with van der Waals surface area (Å²) in [4.78, 5) is 12.3. The Kier molecular flexibility index (Phi) is 7.68. The summed E-state index contributed by atoms with van der Waals surface area (Å²) in [5.41, 5.74) is 2.23. The zero-order chi connectivity index (χ0) is 22.4. The number of carbonyl (C=O) groups excluding carboxylic acids is 1. The Labute approximate surface area is 186 Å². The highest BCUT2D eigenvalue weighted by Gasteiger charge is 2.22. The molecule has 3 rings (SSSR count). The molecule has 1 aromatic heterocycles. The average Bonchev–Trinajstić information content (AvgIpc) is 3.18. The van der Waals surface area contributed by atoms with E-state index in [-0.39, 0.29) is 23.5 Å². The van der Waals surface area contributed by atoms with E-state index in [0.29, 0.717) is 17.5 Å². The number of halogens is 1. The van der Waals surface area contributed by atoms with Crippen LogP contribution in [-0.4, -0.2) is 26.4 Å². The van der Waals surface area contributed by atoms with E-state index in [2.05, 4.69) is 15.5 Å². The van der Waals surface area contributed by atoms with E-state index < -0.39 is 11.9 Å². The molecule has 0 spiro atoms. The molecule has 164 valence electrons. The highest BCUT2D eigenvalue weighted by molar-refractivity contribution is 7.99. The number of rotatable bonds is 9. The summed E-state index contributed by atoms with van der Waals surface area (Å²) in [6.45, 7) is 8.32. The van der Waals surface area contributed by atoms with Gasteiger partial charge in [-0.15, -0.1) is 10.2 Å². The second-order valence-corrected chi connectivity index (χ2v) is 8.49. The molecule has 2 aromatic carbocycles. The highest BCUT2D eigenvalue weighted by Crippen LogP contribution is 2.28. The molecule has 8 heteroatoms. The summed E-state index contributed by atoms with van der Waals surface area (Å²) in [6.07, 6.45) is -0.503. The van der Waals surface area contributed by atoms with Crippen LogP contribution < -0.4 is 10.1 Å². The van der Waals surface area contributed by atoms with Crippen molar-refractivity contribution in [1.29, 1.82) is 0 Å². The van der Waals surface area contributed by atoms with Crippen molar-refractivity contribution < 1.29 is 13.9 Å². The number of aromatic nitrogens is 3. The smallest absolute Gasteiger partial charge is 0.230 e. The molecule has 1 amide bonds. The molecule has 3 aromatic rings. The van der Waals surface area contributed by atoms with Crippen LogP contribution in [0.1, 0.15) is 49.9 Å². The fraction of sp³-hybridized carbons (Fsp3) is 0.348. The van der Waals surface area contributed by atoms with Crippen LogP contribution in [0.3, 0.4) is 0 Å². The molecule has 0 radical (unpaired) electrons. The van der Waals surface area contributed by atoms with Gasteiger partial charge in [0.2, 0.25) is 5.91 Å². The number of hydrogen-bond acceptors (Lipinski definition) is 5. The minimum atomic E-state index is -0.503. The number of carbonyl (C=O) groups is 1. The zero-order valence-corrected chi connectivity index (χ0v) is 18.9. The third kappa shape index (κ3) is 6.07. The number of nitrogens with one attached hydrogen (secondary N) is 1. The molecule has 1 N–H and O–H groups in total.